The van der Waals surface area contributed by atoms with E-state index in [9.17, 15) is 14.7 Å². The van der Waals surface area contributed by atoms with Gasteiger partial charge in [0, 0.05) is 12.2 Å². The van der Waals surface area contributed by atoms with Crippen LogP contribution in [0.15, 0.2) is 12.3 Å². The highest BCUT2D eigenvalue weighted by molar-refractivity contribution is 6.31. The molecule has 1 aromatic heterocycles. The standard InChI is InChI=1S/C14H19ClN2O3/c1-3-8(2)12(14(19)20)16-13(18)11-6-9(15)7-17(11)10-4-5-10/h6-8,10,12H,3-5H2,1-2H3,(H,16,18)(H,19,20)/t8?,12-/m0/s1. The Bertz CT molecular complexity index is 522. The number of carboxylic acid groups (broad SMARTS) is 1. The average molecular weight is 299 g/mol. The number of rotatable bonds is 6. The van der Waals surface area contributed by atoms with Crippen molar-refractivity contribution < 1.29 is 14.7 Å². The van der Waals surface area contributed by atoms with Crippen LogP contribution >= 0.6 is 11.6 Å². The first-order valence-electron chi connectivity index (χ1n) is 6.85. The molecule has 1 heterocycles. The third kappa shape index (κ3) is 3.15. The molecule has 2 N–H and O–H groups in total. The number of nitrogens with one attached hydrogen (secondary N) is 1. The monoisotopic (exact) mass is 298 g/mol. The van der Waals surface area contributed by atoms with Gasteiger partial charge in [0.25, 0.3) is 5.91 Å². The molecule has 0 spiro atoms. The second kappa shape index (κ2) is 5.87. The Balaban J connectivity index is 2.16. The van der Waals surface area contributed by atoms with Crippen molar-refractivity contribution in [2.45, 2.75) is 45.2 Å². The number of carboxylic acids is 1. The van der Waals surface area contributed by atoms with Gasteiger partial charge in [-0.1, -0.05) is 31.9 Å². The molecule has 0 radical (unpaired) electrons. The quantitative estimate of drug-likeness (QED) is 0.848. The highest BCUT2D eigenvalue weighted by Crippen LogP contribution is 2.37. The fourth-order valence-corrected chi connectivity index (χ4v) is 2.39. The lowest BCUT2D eigenvalue weighted by molar-refractivity contribution is -0.140. The minimum Gasteiger partial charge on any atom is -0.480 e. The third-order valence-corrected chi connectivity index (χ3v) is 3.96. The van der Waals surface area contributed by atoms with E-state index in [4.69, 9.17) is 11.6 Å². The number of aliphatic carboxylic acids is 1. The van der Waals surface area contributed by atoms with Crippen LogP contribution in [0.5, 0.6) is 0 Å². The van der Waals surface area contributed by atoms with E-state index in [1.54, 1.807) is 12.3 Å². The summed E-state index contributed by atoms with van der Waals surface area (Å²) < 4.78 is 1.84. The maximum atomic E-state index is 12.3. The molecule has 20 heavy (non-hydrogen) atoms. The van der Waals surface area contributed by atoms with E-state index in [1.807, 2.05) is 18.4 Å². The van der Waals surface area contributed by atoms with Crippen LogP contribution in [0.3, 0.4) is 0 Å². The zero-order valence-electron chi connectivity index (χ0n) is 11.6. The summed E-state index contributed by atoms with van der Waals surface area (Å²) in [6, 6.07) is 1.02. The number of hydrogen-bond donors (Lipinski definition) is 2. The molecule has 6 heteroatoms. The molecule has 0 bridgehead atoms. The van der Waals surface area contributed by atoms with E-state index in [-0.39, 0.29) is 11.8 Å². The molecule has 5 nitrogen and oxygen atoms in total. The van der Waals surface area contributed by atoms with Gasteiger partial charge in [0.05, 0.1) is 5.02 Å². The average Bonchev–Trinajstić information content (AvgIpc) is 3.17. The molecule has 2 atom stereocenters. The van der Waals surface area contributed by atoms with Gasteiger partial charge in [-0.2, -0.15) is 0 Å². The molecule has 1 aromatic rings. The summed E-state index contributed by atoms with van der Waals surface area (Å²) in [5.41, 5.74) is 0.437. The molecule has 0 aromatic carbocycles. The molecule has 1 aliphatic rings. The minimum absolute atomic E-state index is 0.128. The summed E-state index contributed by atoms with van der Waals surface area (Å²) in [5, 5.41) is 12.3. The van der Waals surface area contributed by atoms with Crippen LogP contribution in [-0.4, -0.2) is 27.6 Å². The van der Waals surface area contributed by atoms with Gasteiger partial charge in [0.2, 0.25) is 0 Å². The summed E-state index contributed by atoms with van der Waals surface area (Å²) in [6.07, 6.45) is 4.47. The Morgan fingerprint density at radius 1 is 1.55 bits per heavy atom. The third-order valence-electron chi connectivity index (χ3n) is 3.75. The first-order valence-corrected chi connectivity index (χ1v) is 7.22. The molecule has 1 fully saturated rings. The summed E-state index contributed by atoms with van der Waals surface area (Å²) in [6.45, 7) is 3.71. The van der Waals surface area contributed by atoms with Gasteiger partial charge in [-0.25, -0.2) is 4.79 Å². The number of hydrogen-bond acceptors (Lipinski definition) is 2. The van der Waals surface area contributed by atoms with Crippen molar-refractivity contribution >= 4 is 23.5 Å². The Morgan fingerprint density at radius 2 is 2.20 bits per heavy atom. The minimum atomic E-state index is -1.01. The van der Waals surface area contributed by atoms with E-state index in [2.05, 4.69) is 5.32 Å². The molecule has 1 unspecified atom stereocenters. The first kappa shape index (κ1) is 14.9. The number of aromatic nitrogens is 1. The van der Waals surface area contributed by atoms with E-state index < -0.39 is 12.0 Å². The Hall–Kier alpha value is -1.49. The van der Waals surface area contributed by atoms with Gasteiger partial charge in [-0.3, -0.25) is 4.79 Å². The first-order chi connectivity index (χ1) is 9.43. The van der Waals surface area contributed by atoms with Crippen molar-refractivity contribution in [1.82, 2.24) is 9.88 Å². The van der Waals surface area contributed by atoms with Crippen molar-refractivity contribution in [3.05, 3.63) is 23.0 Å². The fraction of sp³-hybridized carbons (Fsp3) is 0.571. The van der Waals surface area contributed by atoms with Crippen LogP contribution in [0, 0.1) is 5.92 Å². The second-order valence-electron chi connectivity index (χ2n) is 5.36. The summed E-state index contributed by atoms with van der Waals surface area (Å²) in [4.78, 5) is 23.5. The number of amides is 1. The van der Waals surface area contributed by atoms with E-state index in [1.165, 1.54) is 0 Å². The highest BCUT2D eigenvalue weighted by Gasteiger charge is 2.30. The van der Waals surface area contributed by atoms with Crippen LogP contribution < -0.4 is 5.32 Å². The molecule has 0 saturated heterocycles. The summed E-state index contributed by atoms with van der Waals surface area (Å²) in [7, 11) is 0. The van der Waals surface area contributed by atoms with Gasteiger partial charge in [0.15, 0.2) is 0 Å². The number of nitrogens with zero attached hydrogens (tertiary/aromatic N) is 1. The summed E-state index contributed by atoms with van der Waals surface area (Å²) >= 11 is 5.95. The number of carbonyl (C=O) groups excluding carboxylic acids is 1. The van der Waals surface area contributed by atoms with Gasteiger partial charge >= 0.3 is 5.97 Å². The lowest BCUT2D eigenvalue weighted by Gasteiger charge is -2.20. The van der Waals surface area contributed by atoms with Crippen LogP contribution in [0.25, 0.3) is 0 Å². The van der Waals surface area contributed by atoms with Crippen molar-refractivity contribution in [2.24, 2.45) is 5.92 Å². The normalized spacial score (nSPS) is 17.6. The zero-order chi connectivity index (χ0) is 14.9. The maximum Gasteiger partial charge on any atom is 0.326 e. The Labute approximate surface area is 122 Å². The van der Waals surface area contributed by atoms with Gasteiger partial charge < -0.3 is 15.0 Å². The topological polar surface area (TPSA) is 71.3 Å². The smallest absolute Gasteiger partial charge is 0.326 e. The van der Waals surface area contributed by atoms with E-state index in [0.29, 0.717) is 23.2 Å². The largest absolute Gasteiger partial charge is 0.480 e. The Kier molecular flexibility index (Phi) is 4.38. The fourth-order valence-electron chi connectivity index (χ4n) is 2.18. The summed E-state index contributed by atoms with van der Waals surface area (Å²) in [5.74, 6) is -1.52. The molecule has 1 amide bonds. The van der Waals surface area contributed by atoms with Gasteiger partial charge in [-0.05, 0) is 24.8 Å². The van der Waals surface area contributed by atoms with Crippen LogP contribution in [0.1, 0.15) is 49.6 Å². The van der Waals surface area contributed by atoms with Crippen LogP contribution in [-0.2, 0) is 4.79 Å². The predicted octanol–water partition coefficient (Wildman–Crippen LogP) is 2.71. The van der Waals surface area contributed by atoms with Crippen LogP contribution in [0.2, 0.25) is 5.02 Å². The number of carbonyl (C=O) groups is 2. The van der Waals surface area contributed by atoms with Gasteiger partial charge in [-0.15, -0.1) is 0 Å². The SMILES string of the molecule is CCC(C)[C@H](NC(=O)c1cc(Cl)cn1C1CC1)C(=O)O. The van der Waals surface area contributed by atoms with E-state index >= 15 is 0 Å². The molecular formula is C14H19ClN2O3. The zero-order valence-corrected chi connectivity index (χ0v) is 12.4. The predicted molar refractivity (Wildman–Crippen MR) is 76.1 cm³/mol. The Morgan fingerprint density at radius 3 is 2.70 bits per heavy atom. The molecule has 110 valence electrons. The molecule has 1 saturated carbocycles. The van der Waals surface area contributed by atoms with Crippen LogP contribution in [0.4, 0.5) is 0 Å². The molecule has 1 aliphatic carbocycles. The van der Waals surface area contributed by atoms with Crippen molar-refractivity contribution in [3.8, 4) is 0 Å². The van der Waals surface area contributed by atoms with Crippen molar-refractivity contribution in [2.75, 3.05) is 0 Å². The molecular weight excluding hydrogens is 280 g/mol. The van der Waals surface area contributed by atoms with E-state index in [0.717, 1.165) is 12.8 Å². The highest BCUT2D eigenvalue weighted by atomic mass is 35.5. The lowest BCUT2D eigenvalue weighted by atomic mass is 9.99. The van der Waals surface area contributed by atoms with Crippen molar-refractivity contribution in [3.63, 3.8) is 0 Å². The molecule has 0 aliphatic heterocycles. The van der Waals surface area contributed by atoms with Gasteiger partial charge in [0.1, 0.15) is 11.7 Å². The number of halogens is 1. The lowest BCUT2D eigenvalue weighted by Crippen LogP contribution is -2.45. The molecule has 2 rings (SSSR count). The van der Waals surface area contributed by atoms with Crippen molar-refractivity contribution in [1.29, 1.82) is 0 Å². The second-order valence-corrected chi connectivity index (χ2v) is 5.79. The maximum absolute atomic E-state index is 12.3.